The lowest BCUT2D eigenvalue weighted by molar-refractivity contribution is -0.192. The molecule has 1 aliphatic heterocycles. The largest absolute Gasteiger partial charge is 0.490 e. The van der Waals surface area contributed by atoms with E-state index >= 15 is 0 Å². The number of aliphatic carboxylic acids is 1. The number of pyridine rings is 1. The van der Waals surface area contributed by atoms with Gasteiger partial charge in [-0.3, -0.25) is 4.68 Å². The fourth-order valence-electron chi connectivity index (χ4n) is 4.27. The average molecular weight is 567 g/mol. The zero-order chi connectivity index (χ0) is 27.4. The van der Waals surface area contributed by atoms with Gasteiger partial charge in [0.25, 0.3) is 0 Å². The number of carbonyl (C=O) groups is 1. The number of fused-ring (bicyclic) bond motifs is 1. The summed E-state index contributed by atoms with van der Waals surface area (Å²) in [6.45, 7) is 1.60. The molecule has 0 amide bonds. The van der Waals surface area contributed by atoms with Crippen molar-refractivity contribution >= 4 is 45.9 Å². The van der Waals surface area contributed by atoms with E-state index in [2.05, 4.69) is 36.0 Å². The second-order valence-corrected chi connectivity index (χ2v) is 9.09. The van der Waals surface area contributed by atoms with Gasteiger partial charge in [-0.15, -0.1) is 0 Å². The van der Waals surface area contributed by atoms with Crippen molar-refractivity contribution in [3.05, 3.63) is 53.4 Å². The van der Waals surface area contributed by atoms with Crippen LogP contribution in [0.4, 0.5) is 18.9 Å². The minimum atomic E-state index is -5.08. The summed E-state index contributed by atoms with van der Waals surface area (Å²) in [6.07, 6.45) is 3.36. The monoisotopic (exact) mass is 566 g/mol. The highest BCUT2D eigenvalue weighted by atomic mass is 35.5. The van der Waals surface area contributed by atoms with Gasteiger partial charge in [0, 0.05) is 42.4 Å². The smallest absolute Gasteiger partial charge is 0.475 e. The summed E-state index contributed by atoms with van der Waals surface area (Å²) in [7, 11) is 0. The Labute approximate surface area is 223 Å². The Morgan fingerprint density at radius 2 is 2.05 bits per heavy atom. The number of carboxylic acid groups (broad SMARTS) is 1. The molecule has 198 valence electrons. The topological polar surface area (TPSA) is 137 Å². The van der Waals surface area contributed by atoms with Crippen LogP contribution in [0.3, 0.4) is 0 Å². The van der Waals surface area contributed by atoms with E-state index in [1.165, 1.54) is 6.33 Å². The molecule has 0 spiro atoms. The predicted molar refractivity (Wildman–Crippen MR) is 133 cm³/mol. The van der Waals surface area contributed by atoms with Gasteiger partial charge in [-0.25, -0.2) is 19.7 Å². The molecule has 38 heavy (non-hydrogen) atoms. The van der Waals surface area contributed by atoms with Crippen LogP contribution in [-0.4, -0.2) is 60.1 Å². The number of carboxylic acids is 1. The molecule has 5 rings (SSSR count). The summed E-state index contributed by atoms with van der Waals surface area (Å²) in [5.74, 6) is -2.51. The summed E-state index contributed by atoms with van der Waals surface area (Å²) in [4.78, 5) is 27.0. The quantitative estimate of drug-likeness (QED) is 0.317. The second-order valence-electron chi connectivity index (χ2n) is 8.34. The SMILES string of the molecule is N#CCC([C@H]1CCN(c2ccc(Cl)nc2Cl)C1)n1cc(-c2ncnc3[nH]ccc23)cn1.O=C(O)C(F)(F)F. The molecule has 0 radical (unpaired) electrons. The molecule has 1 saturated heterocycles. The number of anilines is 1. The Morgan fingerprint density at radius 3 is 2.74 bits per heavy atom. The first-order chi connectivity index (χ1) is 18.1. The van der Waals surface area contributed by atoms with Gasteiger partial charge < -0.3 is 15.0 Å². The van der Waals surface area contributed by atoms with Gasteiger partial charge in [-0.1, -0.05) is 23.2 Å². The van der Waals surface area contributed by atoms with Crippen molar-refractivity contribution in [2.75, 3.05) is 18.0 Å². The Balaban J connectivity index is 0.000000426. The van der Waals surface area contributed by atoms with E-state index in [4.69, 9.17) is 33.1 Å². The molecule has 0 saturated carbocycles. The Kier molecular flexibility index (Phi) is 8.03. The van der Waals surface area contributed by atoms with E-state index in [-0.39, 0.29) is 12.0 Å². The second kappa shape index (κ2) is 11.2. The van der Waals surface area contributed by atoms with Gasteiger partial charge in [-0.2, -0.15) is 23.5 Å². The van der Waals surface area contributed by atoms with E-state index in [0.29, 0.717) is 16.7 Å². The van der Waals surface area contributed by atoms with Gasteiger partial charge in [0.2, 0.25) is 0 Å². The fourth-order valence-corrected chi connectivity index (χ4v) is 4.74. The molecular weight excluding hydrogens is 548 g/mol. The van der Waals surface area contributed by atoms with Crippen molar-refractivity contribution in [1.82, 2.24) is 29.7 Å². The minimum absolute atomic E-state index is 0.0497. The van der Waals surface area contributed by atoms with Gasteiger partial charge in [0.1, 0.15) is 17.1 Å². The van der Waals surface area contributed by atoms with E-state index in [0.717, 1.165) is 47.5 Å². The molecule has 1 aliphatic rings. The summed E-state index contributed by atoms with van der Waals surface area (Å²) in [6, 6.07) is 7.86. The number of H-pyrrole nitrogens is 1. The Morgan fingerprint density at radius 1 is 1.29 bits per heavy atom. The first kappa shape index (κ1) is 27.2. The van der Waals surface area contributed by atoms with Crippen molar-refractivity contribution in [3.8, 4) is 17.3 Å². The van der Waals surface area contributed by atoms with Crippen LogP contribution >= 0.6 is 23.2 Å². The molecular formula is C23H19Cl2F3N8O2. The first-order valence-corrected chi connectivity index (χ1v) is 11.9. The highest BCUT2D eigenvalue weighted by molar-refractivity contribution is 6.34. The third-order valence-corrected chi connectivity index (χ3v) is 6.50. The molecule has 2 N–H and O–H groups in total. The average Bonchev–Trinajstić information content (AvgIpc) is 3.63. The lowest BCUT2D eigenvalue weighted by Crippen LogP contribution is -2.25. The number of hydrogen-bond acceptors (Lipinski definition) is 7. The summed E-state index contributed by atoms with van der Waals surface area (Å²) in [5.41, 5.74) is 3.36. The molecule has 10 nitrogen and oxygen atoms in total. The Hall–Kier alpha value is -3.89. The van der Waals surface area contributed by atoms with Crippen LogP contribution in [0, 0.1) is 17.2 Å². The number of rotatable bonds is 5. The summed E-state index contributed by atoms with van der Waals surface area (Å²) >= 11 is 12.2. The first-order valence-electron chi connectivity index (χ1n) is 11.1. The normalized spacial score (nSPS) is 16.1. The van der Waals surface area contributed by atoms with Crippen molar-refractivity contribution < 1.29 is 23.1 Å². The molecule has 0 aromatic carbocycles. The molecule has 4 aromatic heterocycles. The van der Waals surface area contributed by atoms with Crippen LogP contribution in [0.5, 0.6) is 0 Å². The molecule has 2 atom stereocenters. The highest BCUT2D eigenvalue weighted by Crippen LogP contribution is 2.36. The molecule has 0 aliphatic carbocycles. The van der Waals surface area contributed by atoms with Gasteiger partial charge in [0.15, 0.2) is 5.15 Å². The molecule has 1 unspecified atom stereocenters. The van der Waals surface area contributed by atoms with Gasteiger partial charge >= 0.3 is 12.1 Å². The molecule has 15 heteroatoms. The maximum Gasteiger partial charge on any atom is 0.490 e. The van der Waals surface area contributed by atoms with Crippen molar-refractivity contribution in [1.29, 1.82) is 5.26 Å². The zero-order valence-electron chi connectivity index (χ0n) is 19.4. The standard InChI is InChI=1S/C21H18Cl2N8.C2HF3O2/c22-18-2-1-17(20(23)29-18)30-8-5-13(10-30)16(3-6-24)31-11-14(9-28-31)19-15-4-7-25-21(15)27-12-26-19;3-2(4,5)1(6)7/h1-2,4,7,9,11-13,16H,3,5,8,10H2,(H,25,26,27);(H,6,7)/t13-,16?;/m0./s1. The minimum Gasteiger partial charge on any atom is -0.475 e. The molecule has 1 fully saturated rings. The van der Waals surface area contributed by atoms with Crippen LogP contribution in [0.2, 0.25) is 10.3 Å². The van der Waals surface area contributed by atoms with E-state index in [1.54, 1.807) is 12.3 Å². The number of alkyl halides is 3. The third-order valence-electron chi connectivity index (χ3n) is 6.02. The highest BCUT2D eigenvalue weighted by Gasteiger charge is 2.38. The van der Waals surface area contributed by atoms with Crippen molar-refractivity contribution in [2.24, 2.45) is 5.92 Å². The predicted octanol–water partition coefficient (Wildman–Crippen LogP) is 5.14. The maximum atomic E-state index is 10.6. The number of nitriles is 1. The maximum absolute atomic E-state index is 10.6. The summed E-state index contributed by atoms with van der Waals surface area (Å²) in [5, 5.41) is 22.9. The zero-order valence-corrected chi connectivity index (χ0v) is 20.9. The van der Waals surface area contributed by atoms with Crippen LogP contribution in [0.25, 0.3) is 22.3 Å². The van der Waals surface area contributed by atoms with Crippen LogP contribution in [-0.2, 0) is 4.79 Å². The lowest BCUT2D eigenvalue weighted by atomic mass is 9.96. The molecule has 5 heterocycles. The molecule has 0 bridgehead atoms. The number of hydrogen-bond donors (Lipinski definition) is 2. The lowest BCUT2D eigenvalue weighted by Gasteiger charge is -2.23. The molecule has 4 aromatic rings. The fraction of sp³-hybridized carbons (Fsp3) is 0.304. The van der Waals surface area contributed by atoms with E-state index in [9.17, 15) is 18.4 Å². The third kappa shape index (κ3) is 5.98. The van der Waals surface area contributed by atoms with Crippen LogP contribution in [0.1, 0.15) is 18.9 Å². The number of nitrogens with zero attached hydrogens (tertiary/aromatic N) is 7. The number of aromatic nitrogens is 6. The van der Waals surface area contributed by atoms with Crippen LogP contribution in [0.15, 0.2) is 43.1 Å². The number of nitrogens with one attached hydrogen (secondary N) is 1. The van der Waals surface area contributed by atoms with Crippen LogP contribution < -0.4 is 4.90 Å². The number of halogens is 5. The number of aromatic amines is 1. The van der Waals surface area contributed by atoms with Gasteiger partial charge in [-0.05, 0) is 24.6 Å². The van der Waals surface area contributed by atoms with E-state index < -0.39 is 12.1 Å². The van der Waals surface area contributed by atoms with Crippen molar-refractivity contribution in [2.45, 2.75) is 25.1 Å². The van der Waals surface area contributed by atoms with E-state index in [1.807, 2.05) is 29.2 Å². The van der Waals surface area contributed by atoms with Crippen molar-refractivity contribution in [3.63, 3.8) is 0 Å². The summed E-state index contributed by atoms with van der Waals surface area (Å²) < 4.78 is 33.6. The Bertz CT molecular complexity index is 1480. The van der Waals surface area contributed by atoms with Gasteiger partial charge in [0.05, 0.1) is 36.1 Å².